The fraction of sp³-hybridized carbons (Fsp3) is 0.238. The summed E-state index contributed by atoms with van der Waals surface area (Å²) in [5.74, 6) is -0.280. The highest BCUT2D eigenvalue weighted by Crippen LogP contribution is 2.29. The summed E-state index contributed by atoms with van der Waals surface area (Å²) in [5, 5.41) is 17.0. The molecule has 0 saturated heterocycles. The summed E-state index contributed by atoms with van der Waals surface area (Å²) >= 11 is 0. The first-order chi connectivity index (χ1) is 13.8. The van der Waals surface area contributed by atoms with Crippen molar-refractivity contribution >= 4 is 5.91 Å². The van der Waals surface area contributed by atoms with Crippen LogP contribution in [-0.4, -0.2) is 27.3 Å². The number of nitrogens with zero attached hydrogens (tertiary/aromatic N) is 2. The van der Waals surface area contributed by atoms with Crippen LogP contribution in [0.15, 0.2) is 67.0 Å². The van der Waals surface area contributed by atoms with Crippen LogP contribution < -0.4 is 5.32 Å². The van der Waals surface area contributed by atoms with Gasteiger partial charge in [-0.2, -0.15) is 18.3 Å². The molecule has 2 aromatic carbocycles. The van der Waals surface area contributed by atoms with Crippen molar-refractivity contribution in [1.29, 1.82) is 0 Å². The van der Waals surface area contributed by atoms with Gasteiger partial charge in [0, 0.05) is 25.4 Å². The van der Waals surface area contributed by atoms with E-state index in [1.807, 2.05) is 24.4 Å². The van der Waals surface area contributed by atoms with E-state index in [0.717, 1.165) is 17.8 Å². The maximum atomic E-state index is 12.6. The molecule has 152 valence electrons. The number of hydrogen-bond acceptors (Lipinski definition) is 3. The van der Waals surface area contributed by atoms with Crippen molar-refractivity contribution in [2.24, 2.45) is 0 Å². The number of amides is 1. The van der Waals surface area contributed by atoms with Gasteiger partial charge in [0.2, 0.25) is 5.91 Å². The second kappa shape index (κ2) is 8.91. The number of aliphatic hydroxyl groups is 1. The van der Waals surface area contributed by atoms with E-state index >= 15 is 0 Å². The van der Waals surface area contributed by atoms with E-state index in [9.17, 15) is 23.1 Å². The molecule has 3 aromatic rings. The summed E-state index contributed by atoms with van der Waals surface area (Å²) in [6.07, 6.45) is -1.32. The number of carbonyl (C=O) groups is 1. The second-order valence-electron chi connectivity index (χ2n) is 6.56. The van der Waals surface area contributed by atoms with Gasteiger partial charge in [0.1, 0.15) is 0 Å². The number of hydrogen-bond donors (Lipinski definition) is 2. The molecule has 1 atom stereocenters. The fourth-order valence-corrected chi connectivity index (χ4v) is 2.81. The molecule has 1 unspecified atom stereocenters. The van der Waals surface area contributed by atoms with Crippen molar-refractivity contribution in [2.75, 3.05) is 6.54 Å². The summed E-state index contributed by atoms with van der Waals surface area (Å²) in [5.41, 5.74) is 1.44. The van der Waals surface area contributed by atoms with Gasteiger partial charge in [-0.15, -0.1) is 0 Å². The standard InChI is InChI=1S/C21H20F3N3O2/c22-21(23,24)17-7-2-15(3-8-17)4-11-20(29)25-14-19(28)16-5-9-18(10-6-16)27-13-1-12-26-27/h1-3,5-10,12-13,19,28H,4,11,14H2,(H,25,29). The van der Waals surface area contributed by atoms with E-state index in [0.29, 0.717) is 17.5 Å². The number of rotatable bonds is 7. The van der Waals surface area contributed by atoms with Gasteiger partial charge in [0.15, 0.2) is 0 Å². The Hall–Kier alpha value is -3.13. The average molecular weight is 403 g/mol. The number of nitrogens with one attached hydrogen (secondary N) is 1. The molecule has 1 aromatic heterocycles. The molecule has 0 spiro atoms. The number of halogens is 3. The van der Waals surface area contributed by atoms with Crippen molar-refractivity contribution < 1.29 is 23.1 Å². The van der Waals surface area contributed by atoms with Crippen molar-refractivity contribution in [1.82, 2.24) is 15.1 Å². The van der Waals surface area contributed by atoms with Crippen LogP contribution in [0, 0.1) is 0 Å². The topological polar surface area (TPSA) is 67.2 Å². The third-order valence-electron chi connectivity index (χ3n) is 4.46. The van der Waals surface area contributed by atoms with Gasteiger partial charge >= 0.3 is 6.18 Å². The van der Waals surface area contributed by atoms with E-state index in [4.69, 9.17) is 0 Å². The van der Waals surface area contributed by atoms with Gasteiger partial charge in [0.05, 0.1) is 17.4 Å². The van der Waals surface area contributed by atoms with Crippen molar-refractivity contribution in [3.05, 3.63) is 83.7 Å². The lowest BCUT2D eigenvalue weighted by atomic mass is 10.1. The van der Waals surface area contributed by atoms with Crippen molar-refractivity contribution in [2.45, 2.75) is 25.1 Å². The molecule has 8 heteroatoms. The molecular formula is C21H20F3N3O2. The molecule has 0 aliphatic heterocycles. The Morgan fingerprint density at radius 2 is 1.79 bits per heavy atom. The van der Waals surface area contributed by atoms with Gasteiger partial charge in [-0.3, -0.25) is 4.79 Å². The van der Waals surface area contributed by atoms with Crippen LogP contribution in [0.1, 0.15) is 29.2 Å². The van der Waals surface area contributed by atoms with Crippen LogP contribution in [0.5, 0.6) is 0 Å². The molecule has 0 aliphatic rings. The summed E-state index contributed by atoms with van der Waals surface area (Å²) in [7, 11) is 0. The van der Waals surface area contributed by atoms with Crippen LogP contribution in [0.2, 0.25) is 0 Å². The minimum Gasteiger partial charge on any atom is -0.387 e. The number of aryl methyl sites for hydroxylation is 1. The predicted octanol–water partition coefficient (Wildman–Crippen LogP) is 3.67. The van der Waals surface area contributed by atoms with Crippen LogP contribution in [0.4, 0.5) is 13.2 Å². The second-order valence-corrected chi connectivity index (χ2v) is 6.56. The summed E-state index contributed by atoms with van der Waals surface area (Å²) in [6, 6.07) is 13.7. The number of aromatic nitrogens is 2. The van der Waals surface area contributed by atoms with Crippen molar-refractivity contribution in [3.63, 3.8) is 0 Å². The zero-order valence-electron chi connectivity index (χ0n) is 15.4. The number of aliphatic hydroxyl groups excluding tert-OH is 1. The Balaban J connectivity index is 1.45. The van der Waals surface area contributed by atoms with E-state index in [2.05, 4.69) is 10.4 Å². The first kappa shape index (κ1) is 20.6. The minimum absolute atomic E-state index is 0.0486. The normalized spacial score (nSPS) is 12.6. The van der Waals surface area contributed by atoms with Crippen LogP contribution in [-0.2, 0) is 17.4 Å². The maximum absolute atomic E-state index is 12.6. The van der Waals surface area contributed by atoms with Gasteiger partial charge in [0.25, 0.3) is 0 Å². The summed E-state index contributed by atoms with van der Waals surface area (Å²) in [6.45, 7) is 0.0486. The van der Waals surface area contributed by atoms with Gasteiger partial charge < -0.3 is 10.4 Å². The molecule has 3 rings (SSSR count). The molecule has 0 aliphatic carbocycles. The first-order valence-corrected chi connectivity index (χ1v) is 9.04. The molecule has 0 fully saturated rings. The smallest absolute Gasteiger partial charge is 0.387 e. The highest BCUT2D eigenvalue weighted by atomic mass is 19.4. The lowest BCUT2D eigenvalue weighted by molar-refractivity contribution is -0.137. The quantitative estimate of drug-likeness (QED) is 0.633. The van der Waals surface area contributed by atoms with E-state index in [1.54, 1.807) is 23.0 Å². The van der Waals surface area contributed by atoms with E-state index < -0.39 is 17.8 Å². The van der Waals surface area contributed by atoms with Crippen LogP contribution in [0.3, 0.4) is 0 Å². The van der Waals surface area contributed by atoms with E-state index in [1.165, 1.54) is 12.1 Å². The predicted molar refractivity (Wildman–Crippen MR) is 101 cm³/mol. The zero-order chi connectivity index (χ0) is 20.9. The molecule has 29 heavy (non-hydrogen) atoms. The third kappa shape index (κ3) is 5.68. The average Bonchev–Trinajstić information content (AvgIpc) is 3.25. The highest BCUT2D eigenvalue weighted by molar-refractivity contribution is 5.76. The number of benzene rings is 2. The number of alkyl halides is 3. The molecule has 0 saturated carbocycles. The Morgan fingerprint density at radius 3 is 2.38 bits per heavy atom. The fourth-order valence-electron chi connectivity index (χ4n) is 2.81. The zero-order valence-corrected chi connectivity index (χ0v) is 15.4. The Labute approximate surface area is 165 Å². The number of carbonyl (C=O) groups excluding carboxylic acids is 1. The Bertz CT molecular complexity index is 921. The lowest BCUT2D eigenvalue weighted by Gasteiger charge is -2.13. The SMILES string of the molecule is O=C(CCc1ccc(C(F)(F)F)cc1)NCC(O)c1ccc(-n2cccn2)cc1. The van der Waals surface area contributed by atoms with E-state index in [-0.39, 0.29) is 18.9 Å². The molecule has 0 radical (unpaired) electrons. The highest BCUT2D eigenvalue weighted by Gasteiger charge is 2.29. The van der Waals surface area contributed by atoms with Crippen LogP contribution in [0.25, 0.3) is 5.69 Å². The molecule has 5 nitrogen and oxygen atoms in total. The first-order valence-electron chi connectivity index (χ1n) is 9.04. The Kier molecular flexibility index (Phi) is 6.33. The third-order valence-corrected chi connectivity index (χ3v) is 4.46. The summed E-state index contributed by atoms with van der Waals surface area (Å²) < 4.78 is 39.3. The molecular weight excluding hydrogens is 383 g/mol. The van der Waals surface area contributed by atoms with Gasteiger partial charge in [-0.05, 0) is 47.9 Å². The lowest BCUT2D eigenvalue weighted by Crippen LogP contribution is -2.28. The van der Waals surface area contributed by atoms with Gasteiger partial charge in [-0.25, -0.2) is 4.68 Å². The monoisotopic (exact) mass is 403 g/mol. The maximum Gasteiger partial charge on any atom is 0.416 e. The molecule has 1 amide bonds. The molecule has 2 N–H and O–H groups in total. The van der Waals surface area contributed by atoms with Crippen molar-refractivity contribution in [3.8, 4) is 5.69 Å². The van der Waals surface area contributed by atoms with Crippen LogP contribution >= 0.6 is 0 Å². The Morgan fingerprint density at radius 1 is 1.10 bits per heavy atom. The van der Waals surface area contributed by atoms with Gasteiger partial charge in [-0.1, -0.05) is 24.3 Å². The largest absolute Gasteiger partial charge is 0.416 e. The molecule has 0 bridgehead atoms. The summed E-state index contributed by atoms with van der Waals surface area (Å²) in [4.78, 5) is 12.0. The minimum atomic E-state index is -4.37. The molecule has 1 heterocycles.